The highest BCUT2D eigenvalue weighted by molar-refractivity contribution is 6.12. The molecule has 0 spiro atoms. The van der Waals surface area contributed by atoms with Crippen molar-refractivity contribution in [2.75, 3.05) is 0 Å². The van der Waals surface area contributed by atoms with Crippen molar-refractivity contribution < 1.29 is 22.0 Å². The summed E-state index contributed by atoms with van der Waals surface area (Å²) < 4.78 is 81.9. The van der Waals surface area contributed by atoms with Crippen molar-refractivity contribution in [2.24, 2.45) is 0 Å². The monoisotopic (exact) mass is 1060 g/mol. The topological polar surface area (TPSA) is 111 Å². The van der Waals surface area contributed by atoms with Crippen LogP contribution in [0.4, 0.5) is 22.0 Å². The molecule has 384 valence electrons. The summed E-state index contributed by atoms with van der Waals surface area (Å²) in [6, 6.07) is 69.3. The molecule has 0 bridgehead atoms. The summed E-state index contributed by atoms with van der Waals surface area (Å²) in [6.07, 6.45) is 0. The normalized spacial score (nSPS) is 11.5. The molecule has 10 aromatic carbocycles. The number of benzene rings is 10. The highest BCUT2D eigenvalue weighted by Gasteiger charge is 2.30. The Morgan fingerprint density at radius 1 is 0.284 bits per heavy atom. The number of aromatic nitrogens is 8. The Bertz CT molecular complexity index is 4480. The third kappa shape index (κ3) is 8.13. The fourth-order valence-electron chi connectivity index (χ4n) is 10.7. The lowest BCUT2D eigenvalue weighted by atomic mass is 9.98. The smallest absolute Gasteiger partial charge is 0.200 e. The lowest BCUT2D eigenvalue weighted by Gasteiger charge is -2.19. The Kier molecular flexibility index (Phi) is 11.6. The van der Waals surface area contributed by atoms with Gasteiger partial charge in [0.25, 0.3) is 0 Å². The minimum atomic E-state index is -2.30. The fourth-order valence-corrected chi connectivity index (χ4v) is 10.7. The van der Waals surface area contributed by atoms with Gasteiger partial charge in [-0.1, -0.05) is 158 Å². The molecule has 0 fully saturated rings. The van der Waals surface area contributed by atoms with Crippen molar-refractivity contribution in [3.05, 3.63) is 253 Å². The molecule has 0 radical (unpaired) electrons. The molecular weight excluding hydrogens is 1030 g/mol. The summed E-state index contributed by atoms with van der Waals surface area (Å²) in [5.74, 6) is -7.99. The third-order valence-corrected chi connectivity index (χ3v) is 14.4. The summed E-state index contributed by atoms with van der Waals surface area (Å²) in [6.45, 7) is 0. The van der Waals surface area contributed by atoms with Gasteiger partial charge in [0.15, 0.2) is 58.2 Å². The molecule has 0 aliphatic heterocycles. The maximum atomic E-state index is 16.4. The van der Waals surface area contributed by atoms with Crippen LogP contribution < -0.4 is 0 Å². The van der Waals surface area contributed by atoms with Gasteiger partial charge in [0.2, 0.25) is 5.82 Å². The number of halogens is 5. The molecule has 4 heterocycles. The minimum absolute atomic E-state index is 0.0241. The second-order valence-corrected chi connectivity index (χ2v) is 19.2. The summed E-state index contributed by atoms with van der Waals surface area (Å²) in [5.41, 5.74) is 5.31. The van der Waals surface area contributed by atoms with Crippen LogP contribution in [0.15, 0.2) is 218 Å². The van der Waals surface area contributed by atoms with Crippen LogP contribution in [0, 0.1) is 40.4 Å². The summed E-state index contributed by atoms with van der Waals surface area (Å²) in [5, 5.41) is 14.4. The number of fused-ring (bicyclic) bond motifs is 6. The lowest BCUT2D eigenvalue weighted by Crippen LogP contribution is -2.08. The van der Waals surface area contributed by atoms with Gasteiger partial charge in [-0.15, -0.1) is 0 Å². The molecule has 9 nitrogen and oxygen atoms in total. The molecule has 81 heavy (non-hydrogen) atoms. The zero-order chi connectivity index (χ0) is 54.9. The van der Waals surface area contributed by atoms with Crippen LogP contribution in [0.25, 0.3) is 134 Å². The van der Waals surface area contributed by atoms with E-state index in [1.807, 2.05) is 206 Å². The minimum Gasteiger partial charge on any atom is -0.308 e. The van der Waals surface area contributed by atoms with Crippen molar-refractivity contribution in [1.82, 2.24) is 39.0 Å². The highest BCUT2D eigenvalue weighted by atomic mass is 19.2. The summed E-state index contributed by atoms with van der Waals surface area (Å²) >= 11 is 0. The van der Waals surface area contributed by atoms with E-state index in [-0.39, 0.29) is 22.5 Å². The van der Waals surface area contributed by atoms with Gasteiger partial charge in [-0.25, -0.2) is 51.9 Å². The molecule has 0 N–H and O–H groups in total. The van der Waals surface area contributed by atoms with Crippen LogP contribution in [-0.4, -0.2) is 39.0 Å². The average Bonchev–Trinajstić information content (AvgIpc) is 4.23. The number of rotatable bonds is 9. The lowest BCUT2D eigenvalue weighted by molar-refractivity contribution is 0.381. The van der Waals surface area contributed by atoms with Gasteiger partial charge in [0.1, 0.15) is 11.6 Å². The Morgan fingerprint density at radius 2 is 0.580 bits per heavy atom. The van der Waals surface area contributed by atoms with E-state index in [2.05, 4.69) is 6.07 Å². The van der Waals surface area contributed by atoms with Gasteiger partial charge in [0, 0.05) is 54.9 Å². The molecule has 0 aliphatic carbocycles. The van der Waals surface area contributed by atoms with E-state index in [0.29, 0.717) is 78.9 Å². The van der Waals surface area contributed by atoms with Gasteiger partial charge < -0.3 is 9.13 Å². The molecule has 4 aromatic heterocycles. The fraction of sp³-hybridized carbons (Fsp3) is 0. The summed E-state index contributed by atoms with van der Waals surface area (Å²) in [7, 11) is 0. The predicted molar refractivity (Wildman–Crippen MR) is 304 cm³/mol. The maximum Gasteiger partial charge on any atom is 0.200 e. The van der Waals surface area contributed by atoms with Gasteiger partial charge in [-0.2, -0.15) is 5.26 Å². The molecule has 0 saturated carbocycles. The molecule has 0 unspecified atom stereocenters. The van der Waals surface area contributed by atoms with Crippen LogP contribution in [0.1, 0.15) is 5.56 Å². The second-order valence-electron chi connectivity index (χ2n) is 19.2. The first-order valence-electron chi connectivity index (χ1n) is 25.6. The van der Waals surface area contributed by atoms with E-state index in [9.17, 15) is 9.65 Å². The molecule has 0 atom stereocenters. The van der Waals surface area contributed by atoms with Crippen LogP contribution in [-0.2, 0) is 0 Å². The Labute approximate surface area is 457 Å². The van der Waals surface area contributed by atoms with Crippen LogP contribution in [0.2, 0.25) is 0 Å². The Hall–Kier alpha value is -11.0. The van der Waals surface area contributed by atoms with Gasteiger partial charge in [0.05, 0.1) is 39.0 Å². The van der Waals surface area contributed by atoms with Crippen molar-refractivity contribution in [2.45, 2.75) is 0 Å². The SMILES string of the molecule is N#Cc1c(-n2c3ccccc3c3cc(-c4nc(-c5ccccc5)nc(-c5ccccc5)n4)ccc32)cc(-c2c(F)c(F)c(F)c(F)c2F)cc1-n1c2ccccc2c2cc(-c3nc(-c4ccccc4)nc(-c4ccccc4)n3)ccc21. The standard InChI is InChI=1S/C67H36F5N9/c68-57-56(58(69)60(71)61(72)59(57)70)44-35-54(80-50-27-15-13-25-45(50)47-33-42(29-31-52(47)80)66-76-62(38-17-5-1-6-18-38)74-63(77-66)39-19-7-2-8-20-39)49(37-73)55(36-44)81-51-28-16-14-26-46(51)48-34-43(30-32-53(48)81)67-78-64(40-21-9-3-10-22-40)75-65(79-67)41-23-11-4-12-24-41/h1-36H. The quantitative estimate of drug-likeness (QED) is 0.0804. The number of hydrogen-bond donors (Lipinski definition) is 0. The Balaban J connectivity index is 1.01. The van der Waals surface area contributed by atoms with Crippen molar-refractivity contribution in [3.8, 4) is 96.9 Å². The highest BCUT2D eigenvalue weighted by Crippen LogP contribution is 2.43. The predicted octanol–water partition coefficient (Wildman–Crippen LogP) is 16.5. The Morgan fingerprint density at radius 3 is 0.926 bits per heavy atom. The van der Waals surface area contributed by atoms with E-state index in [1.165, 1.54) is 12.1 Å². The van der Waals surface area contributed by atoms with Gasteiger partial charge in [-0.3, -0.25) is 0 Å². The molecule has 0 aliphatic rings. The van der Waals surface area contributed by atoms with Crippen molar-refractivity contribution >= 4 is 43.6 Å². The van der Waals surface area contributed by atoms with E-state index in [1.54, 1.807) is 9.13 Å². The van der Waals surface area contributed by atoms with Crippen LogP contribution in [0.3, 0.4) is 0 Å². The second kappa shape index (κ2) is 19.5. The van der Waals surface area contributed by atoms with E-state index in [4.69, 9.17) is 29.9 Å². The van der Waals surface area contributed by atoms with Gasteiger partial charge in [-0.05, 0) is 66.2 Å². The average molecular weight is 1060 g/mol. The van der Waals surface area contributed by atoms with Crippen molar-refractivity contribution in [3.63, 3.8) is 0 Å². The molecular formula is C67H36F5N9. The van der Waals surface area contributed by atoms with Crippen LogP contribution >= 0.6 is 0 Å². The molecule has 0 saturated heterocycles. The van der Waals surface area contributed by atoms with Crippen LogP contribution in [0.5, 0.6) is 0 Å². The molecule has 0 amide bonds. The number of hydrogen-bond acceptors (Lipinski definition) is 7. The largest absolute Gasteiger partial charge is 0.308 e. The van der Waals surface area contributed by atoms with Crippen molar-refractivity contribution in [1.29, 1.82) is 5.26 Å². The molecule has 14 aromatic rings. The number of nitrogens with zero attached hydrogens (tertiary/aromatic N) is 9. The summed E-state index contributed by atoms with van der Waals surface area (Å²) in [4.78, 5) is 29.6. The zero-order valence-corrected chi connectivity index (χ0v) is 42.2. The first-order valence-corrected chi connectivity index (χ1v) is 25.6. The van der Waals surface area contributed by atoms with E-state index >= 15 is 17.6 Å². The third-order valence-electron chi connectivity index (χ3n) is 14.4. The number of nitriles is 1. The van der Waals surface area contributed by atoms with E-state index < -0.39 is 34.6 Å². The van der Waals surface area contributed by atoms with Gasteiger partial charge >= 0.3 is 0 Å². The van der Waals surface area contributed by atoms with E-state index in [0.717, 1.165) is 33.0 Å². The number of para-hydroxylation sites is 2. The zero-order valence-electron chi connectivity index (χ0n) is 42.2. The first-order chi connectivity index (χ1) is 39.7. The molecule has 14 rings (SSSR count). The maximum absolute atomic E-state index is 16.4. The molecule has 14 heteroatoms. The first kappa shape index (κ1) is 48.3.